The Labute approximate surface area is 86.7 Å². The maximum Gasteiger partial charge on any atom is 0.270 e. The van der Waals surface area contributed by atoms with Gasteiger partial charge in [-0.05, 0) is 25.0 Å². The van der Waals surface area contributed by atoms with Crippen LogP contribution in [-0.2, 0) is 0 Å². The fraction of sp³-hybridized carbons (Fsp3) is 0.400. The number of nitrogens with zero attached hydrogens (tertiary/aromatic N) is 1. The smallest absolute Gasteiger partial charge is 0.270 e. The number of halogens is 1. The lowest BCUT2D eigenvalue weighted by Crippen LogP contribution is -2.42. The number of nitrogens with one attached hydrogen (secondary N) is 1. The summed E-state index contributed by atoms with van der Waals surface area (Å²) in [7, 11) is 0. The van der Waals surface area contributed by atoms with Crippen LogP contribution in [-0.4, -0.2) is 23.0 Å². The van der Waals surface area contributed by atoms with Crippen molar-refractivity contribution < 1.29 is 9.18 Å². The highest BCUT2D eigenvalue weighted by molar-refractivity contribution is 5.93. The van der Waals surface area contributed by atoms with Crippen LogP contribution in [0.5, 0.6) is 0 Å². The van der Waals surface area contributed by atoms with Gasteiger partial charge in [0, 0.05) is 6.54 Å². The summed E-state index contributed by atoms with van der Waals surface area (Å²) in [5.41, 5.74) is 5.50. The molecule has 1 aromatic heterocycles. The highest BCUT2D eigenvalue weighted by Gasteiger charge is 2.42. The Balaban J connectivity index is 2.05. The summed E-state index contributed by atoms with van der Waals surface area (Å²) in [5.74, 6) is -0.746. The first-order valence-corrected chi connectivity index (χ1v) is 4.79. The van der Waals surface area contributed by atoms with E-state index in [9.17, 15) is 9.18 Å². The molecule has 2 rings (SSSR count). The molecule has 3 N–H and O–H groups in total. The van der Waals surface area contributed by atoms with Crippen molar-refractivity contribution in [2.45, 2.75) is 18.4 Å². The average molecular weight is 209 g/mol. The molecule has 80 valence electrons. The van der Waals surface area contributed by atoms with Crippen LogP contribution >= 0.6 is 0 Å². The number of carbonyl (C=O) groups excluding carboxylic acids is 1. The van der Waals surface area contributed by atoms with Crippen molar-refractivity contribution >= 4 is 5.91 Å². The number of aromatic nitrogens is 1. The first-order chi connectivity index (χ1) is 7.15. The molecule has 0 spiro atoms. The van der Waals surface area contributed by atoms with Gasteiger partial charge in [-0.25, -0.2) is 9.37 Å². The number of nitrogens with two attached hydrogens (primary N) is 1. The largest absolute Gasteiger partial charge is 0.344 e. The minimum absolute atomic E-state index is 0.219. The van der Waals surface area contributed by atoms with Crippen LogP contribution in [0, 0.1) is 5.82 Å². The second-order valence-corrected chi connectivity index (χ2v) is 3.80. The van der Waals surface area contributed by atoms with E-state index in [0.717, 1.165) is 19.0 Å². The van der Waals surface area contributed by atoms with Gasteiger partial charge in [0.25, 0.3) is 5.91 Å². The highest BCUT2D eigenvalue weighted by atomic mass is 19.1. The summed E-state index contributed by atoms with van der Waals surface area (Å²) in [5, 5.41) is 2.80. The van der Waals surface area contributed by atoms with Gasteiger partial charge in [-0.1, -0.05) is 0 Å². The third kappa shape index (κ3) is 2.12. The van der Waals surface area contributed by atoms with Crippen molar-refractivity contribution in [2.75, 3.05) is 6.54 Å². The molecule has 0 aromatic carbocycles. The van der Waals surface area contributed by atoms with Gasteiger partial charge in [0.15, 0.2) is 0 Å². The van der Waals surface area contributed by atoms with Gasteiger partial charge >= 0.3 is 0 Å². The van der Waals surface area contributed by atoms with E-state index in [1.165, 1.54) is 12.1 Å². The number of pyridine rings is 1. The van der Waals surface area contributed by atoms with Crippen molar-refractivity contribution in [3.8, 4) is 0 Å². The van der Waals surface area contributed by atoms with Crippen LogP contribution in [0.25, 0.3) is 0 Å². The van der Waals surface area contributed by atoms with Gasteiger partial charge in [0.1, 0.15) is 11.5 Å². The zero-order valence-electron chi connectivity index (χ0n) is 8.16. The third-order valence-electron chi connectivity index (χ3n) is 2.58. The number of hydrogen-bond donors (Lipinski definition) is 2. The predicted molar refractivity (Wildman–Crippen MR) is 52.7 cm³/mol. The molecule has 1 amide bonds. The van der Waals surface area contributed by atoms with Crippen LogP contribution < -0.4 is 11.1 Å². The van der Waals surface area contributed by atoms with Gasteiger partial charge in [0.2, 0.25) is 0 Å². The Bertz CT molecular complexity index is 373. The van der Waals surface area contributed by atoms with Crippen LogP contribution in [0.15, 0.2) is 18.3 Å². The molecule has 0 saturated heterocycles. The Morgan fingerprint density at radius 1 is 1.60 bits per heavy atom. The van der Waals surface area contributed by atoms with Crippen molar-refractivity contribution in [3.05, 3.63) is 29.8 Å². The van der Waals surface area contributed by atoms with E-state index in [-0.39, 0.29) is 17.1 Å². The third-order valence-corrected chi connectivity index (χ3v) is 2.58. The minimum atomic E-state index is -0.452. The van der Waals surface area contributed by atoms with Crippen molar-refractivity contribution in [1.29, 1.82) is 0 Å². The summed E-state index contributed by atoms with van der Waals surface area (Å²) in [6, 6.07) is 2.57. The molecular formula is C10H12FN3O. The highest BCUT2D eigenvalue weighted by Crippen LogP contribution is 2.34. The standard InChI is InChI=1S/C10H12FN3O/c11-7-1-2-8(13-5-7)9(15)14-10(6-12)3-4-10/h1-2,5H,3-4,6,12H2,(H,14,15). The quantitative estimate of drug-likeness (QED) is 0.759. The van der Waals surface area contributed by atoms with Gasteiger partial charge in [-0.2, -0.15) is 0 Å². The molecule has 0 atom stereocenters. The molecular weight excluding hydrogens is 197 g/mol. The lowest BCUT2D eigenvalue weighted by molar-refractivity contribution is 0.0928. The minimum Gasteiger partial charge on any atom is -0.344 e. The maximum absolute atomic E-state index is 12.6. The molecule has 1 aliphatic rings. The molecule has 15 heavy (non-hydrogen) atoms. The van der Waals surface area contributed by atoms with Crippen molar-refractivity contribution in [3.63, 3.8) is 0 Å². The number of carbonyl (C=O) groups is 1. The Hall–Kier alpha value is -1.49. The zero-order chi connectivity index (χ0) is 10.9. The predicted octanol–water partition coefficient (Wildman–Crippen LogP) is 0.442. The van der Waals surface area contributed by atoms with Crippen LogP contribution in [0.2, 0.25) is 0 Å². The molecule has 5 heteroatoms. The summed E-state index contributed by atoms with van der Waals surface area (Å²) in [6.07, 6.45) is 2.82. The van der Waals surface area contributed by atoms with E-state index in [1.807, 2.05) is 0 Å². The van der Waals surface area contributed by atoms with E-state index >= 15 is 0 Å². The van der Waals surface area contributed by atoms with Gasteiger partial charge in [-0.15, -0.1) is 0 Å². The first-order valence-electron chi connectivity index (χ1n) is 4.79. The summed E-state index contributed by atoms with van der Waals surface area (Å²) in [6.45, 7) is 0.430. The fourth-order valence-electron chi connectivity index (χ4n) is 1.35. The molecule has 0 bridgehead atoms. The molecule has 0 unspecified atom stereocenters. The second kappa shape index (κ2) is 3.58. The monoisotopic (exact) mass is 209 g/mol. The Kier molecular flexibility index (Phi) is 2.40. The first kappa shape index (κ1) is 10.0. The molecule has 1 aromatic rings. The van der Waals surface area contributed by atoms with Gasteiger partial charge in [0.05, 0.1) is 11.7 Å². The summed E-state index contributed by atoms with van der Waals surface area (Å²) >= 11 is 0. The second-order valence-electron chi connectivity index (χ2n) is 3.80. The molecule has 0 radical (unpaired) electrons. The summed E-state index contributed by atoms with van der Waals surface area (Å²) in [4.78, 5) is 15.3. The Morgan fingerprint density at radius 2 is 2.33 bits per heavy atom. The van der Waals surface area contributed by atoms with Crippen molar-refractivity contribution in [2.24, 2.45) is 5.73 Å². The van der Waals surface area contributed by atoms with Crippen LogP contribution in [0.1, 0.15) is 23.3 Å². The van der Waals surface area contributed by atoms with Gasteiger partial charge in [-0.3, -0.25) is 4.79 Å². The van der Waals surface area contributed by atoms with Gasteiger partial charge < -0.3 is 11.1 Å². The number of hydrogen-bond acceptors (Lipinski definition) is 3. The van der Waals surface area contributed by atoms with E-state index in [1.54, 1.807) is 0 Å². The normalized spacial score (nSPS) is 17.2. The number of rotatable bonds is 3. The zero-order valence-corrected chi connectivity index (χ0v) is 8.16. The lowest BCUT2D eigenvalue weighted by Gasteiger charge is -2.14. The molecule has 1 aliphatic carbocycles. The van der Waals surface area contributed by atoms with Crippen molar-refractivity contribution in [1.82, 2.24) is 10.3 Å². The number of amides is 1. The van der Waals surface area contributed by atoms with Crippen LogP contribution in [0.4, 0.5) is 4.39 Å². The molecule has 1 saturated carbocycles. The summed E-state index contributed by atoms with van der Waals surface area (Å²) < 4.78 is 12.6. The SMILES string of the molecule is NCC1(NC(=O)c2ccc(F)cn2)CC1. The fourth-order valence-corrected chi connectivity index (χ4v) is 1.35. The van der Waals surface area contributed by atoms with Crippen LogP contribution in [0.3, 0.4) is 0 Å². The lowest BCUT2D eigenvalue weighted by atomic mass is 10.2. The molecule has 1 fully saturated rings. The van der Waals surface area contributed by atoms with E-state index in [2.05, 4.69) is 10.3 Å². The van der Waals surface area contributed by atoms with E-state index in [4.69, 9.17) is 5.73 Å². The van der Waals surface area contributed by atoms with E-state index < -0.39 is 5.82 Å². The Morgan fingerprint density at radius 3 is 2.80 bits per heavy atom. The molecule has 1 heterocycles. The maximum atomic E-state index is 12.6. The molecule has 0 aliphatic heterocycles. The average Bonchev–Trinajstić information content (AvgIpc) is 2.99. The molecule has 4 nitrogen and oxygen atoms in total. The topological polar surface area (TPSA) is 68.0 Å². The van der Waals surface area contributed by atoms with E-state index in [0.29, 0.717) is 6.54 Å².